The van der Waals surface area contributed by atoms with Gasteiger partial charge in [0.05, 0.1) is 54.0 Å². The molecule has 14 heteroatoms. The third-order valence-corrected chi connectivity index (χ3v) is 16.5. The number of hydroxylamine groups is 1. The van der Waals surface area contributed by atoms with Gasteiger partial charge in [-0.1, -0.05) is 13.8 Å². The Morgan fingerprint density at radius 1 is 0.508 bits per heavy atom. The van der Waals surface area contributed by atoms with Gasteiger partial charge in [-0.3, -0.25) is 24.0 Å². The van der Waals surface area contributed by atoms with E-state index in [2.05, 4.69) is 24.6 Å². The molecule has 6 aliphatic carbocycles. The van der Waals surface area contributed by atoms with Crippen LogP contribution in [0.3, 0.4) is 0 Å². The van der Waals surface area contributed by atoms with Crippen LogP contribution < -0.4 is 10.8 Å². The number of carbonyl (C=O) groups is 5. The van der Waals surface area contributed by atoms with E-state index >= 15 is 0 Å². The van der Waals surface area contributed by atoms with Gasteiger partial charge in [0.2, 0.25) is 5.91 Å². The maximum absolute atomic E-state index is 13.2. The first-order chi connectivity index (χ1) is 28.1. The number of carbonyl (C=O) groups excluding carboxylic acids is 1. The zero-order valence-corrected chi connectivity index (χ0v) is 35.3. The summed E-state index contributed by atoms with van der Waals surface area (Å²) in [6, 6.07) is -0.489. The molecule has 0 saturated heterocycles. The molecule has 0 aliphatic heterocycles. The first-order valence-corrected chi connectivity index (χ1v) is 23.1. The fourth-order valence-corrected chi connectivity index (χ4v) is 12.7. The summed E-state index contributed by atoms with van der Waals surface area (Å²) in [5, 5.41) is 51.9. The highest BCUT2D eigenvalue weighted by molar-refractivity contribution is 5.86. The van der Waals surface area contributed by atoms with E-state index in [1.165, 1.54) is 0 Å². The number of aliphatic carboxylic acids is 4. The maximum atomic E-state index is 13.2. The minimum absolute atomic E-state index is 0.0469. The second-order valence-electron chi connectivity index (χ2n) is 20.1. The Labute approximate surface area is 349 Å². The molecule has 0 spiro atoms. The topological polar surface area (TPSA) is 229 Å². The van der Waals surface area contributed by atoms with E-state index in [0.717, 1.165) is 103 Å². The number of amides is 1. The molecule has 6 saturated carbocycles. The molecule has 6 rings (SSSR count). The quantitative estimate of drug-likeness (QED) is 0.0834. The standard InChI is InChI=1S/C45H72N2O12/c1-45(2,28-7-15-32(16-8-28)58-31-13-3-25(4-14-31)39(47-57)37-23-26(41(49)50)5-21-35(37)43(53)54)29-9-17-33(18-10-29)59-34-19-11-30(12-20-34)46-40(48)38-24-27(42(51)52)6-22-36(38)44(55)56/h25-39,47,57H,3-24H2,1-2H3,(H,46,48)(H,49,50)(H,51,52)(H,53,54)(H,55,56). The second kappa shape index (κ2) is 20.4. The van der Waals surface area contributed by atoms with Gasteiger partial charge in [-0.25, -0.2) is 5.48 Å². The van der Waals surface area contributed by atoms with Gasteiger partial charge in [0.15, 0.2) is 0 Å². The third kappa shape index (κ3) is 11.4. The molecule has 0 aromatic heterocycles. The molecular formula is C45H72N2O12. The summed E-state index contributed by atoms with van der Waals surface area (Å²) in [6.45, 7) is 4.92. The van der Waals surface area contributed by atoms with Crippen molar-refractivity contribution in [2.45, 2.75) is 192 Å². The van der Waals surface area contributed by atoms with Crippen LogP contribution in [0.1, 0.15) is 155 Å². The molecule has 6 fully saturated rings. The Bertz CT molecular complexity index is 1440. The molecule has 0 heterocycles. The van der Waals surface area contributed by atoms with E-state index < -0.39 is 65.4 Å². The highest BCUT2D eigenvalue weighted by atomic mass is 16.5. The molecule has 7 unspecified atom stereocenters. The Hall–Kier alpha value is -2.81. The molecule has 0 bridgehead atoms. The first-order valence-electron chi connectivity index (χ1n) is 23.1. The summed E-state index contributed by atoms with van der Waals surface area (Å²) < 4.78 is 13.3. The second-order valence-corrected chi connectivity index (χ2v) is 20.1. The fourth-order valence-electron chi connectivity index (χ4n) is 12.7. The zero-order chi connectivity index (χ0) is 42.4. The molecule has 7 N–H and O–H groups in total. The molecule has 334 valence electrons. The normalized spacial score (nSPS) is 39.0. The lowest BCUT2D eigenvalue weighted by Gasteiger charge is -2.47. The number of nitrogens with one attached hydrogen (secondary N) is 2. The molecule has 14 nitrogen and oxygen atoms in total. The number of ether oxygens (including phenoxy) is 2. The van der Waals surface area contributed by atoms with E-state index in [0.29, 0.717) is 24.7 Å². The Kier molecular flexibility index (Phi) is 15.8. The maximum Gasteiger partial charge on any atom is 0.307 e. The Morgan fingerprint density at radius 3 is 1.37 bits per heavy atom. The van der Waals surface area contributed by atoms with Crippen LogP contribution in [-0.2, 0) is 33.4 Å². The van der Waals surface area contributed by atoms with Crippen LogP contribution in [0.15, 0.2) is 0 Å². The van der Waals surface area contributed by atoms with Crippen molar-refractivity contribution < 1.29 is 59.1 Å². The number of carboxylic acid groups (broad SMARTS) is 4. The number of hydrogen-bond donors (Lipinski definition) is 7. The first kappa shape index (κ1) is 45.7. The van der Waals surface area contributed by atoms with Crippen molar-refractivity contribution in [2.75, 3.05) is 0 Å². The molecule has 0 aromatic carbocycles. The van der Waals surface area contributed by atoms with Crippen LogP contribution in [-0.4, -0.2) is 91.9 Å². The van der Waals surface area contributed by atoms with Gasteiger partial charge in [-0.15, -0.1) is 0 Å². The van der Waals surface area contributed by atoms with E-state index in [1.807, 2.05) is 0 Å². The van der Waals surface area contributed by atoms with Crippen molar-refractivity contribution in [3.63, 3.8) is 0 Å². The lowest BCUT2D eigenvalue weighted by Crippen LogP contribution is -2.49. The molecule has 1 amide bonds. The highest BCUT2D eigenvalue weighted by Crippen LogP contribution is 2.50. The predicted molar refractivity (Wildman–Crippen MR) is 215 cm³/mol. The van der Waals surface area contributed by atoms with E-state index in [-0.39, 0.29) is 73.4 Å². The van der Waals surface area contributed by atoms with Crippen LogP contribution in [0.4, 0.5) is 0 Å². The lowest BCUT2D eigenvalue weighted by atomic mass is 9.60. The Morgan fingerprint density at radius 2 is 0.932 bits per heavy atom. The molecule has 0 radical (unpaired) electrons. The fraction of sp³-hybridized carbons (Fsp3) is 0.889. The van der Waals surface area contributed by atoms with Crippen molar-refractivity contribution in [3.05, 3.63) is 0 Å². The monoisotopic (exact) mass is 833 g/mol. The zero-order valence-electron chi connectivity index (χ0n) is 35.3. The van der Waals surface area contributed by atoms with Gasteiger partial charge in [-0.05, 0) is 170 Å². The van der Waals surface area contributed by atoms with Crippen LogP contribution >= 0.6 is 0 Å². The minimum Gasteiger partial charge on any atom is -0.481 e. The van der Waals surface area contributed by atoms with Crippen LogP contribution in [0.5, 0.6) is 0 Å². The molecule has 7 atom stereocenters. The van der Waals surface area contributed by atoms with Crippen molar-refractivity contribution in [1.29, 1.82) is 0 Å². The number of hydrogen-bond acceptors (Lipinski definition) is 9. The van der Waals surface area contributed by atoms with Crippen molar-refractivity contribution in [1.82, 2.24) is 10.8 Å². The molecule has 6 aliphatic rings. The van der Waals surface area contributed by atoms with E-state index in [4.69, 9.17) is 9.47 Å². The lowest BCUT2D eigenvalue weighted by molar-refractivity contribution is -0.154. The largest absolute Gasteiger partial charge is 0.481 e. The average Bonchev–Trinajstić information content (AvgIpc) is 3.22. The van der Waals surface area contributed by atoms with Gasteiger partial charge in [0.1, 0.15) is 0 Å². The van der Waals surface area contributed by atoms with Crippen LogP contribution in [0.2, 0.25) is 0 Å². The van der Waals surface area contributed by atoms with Gasteiger partial charge in [0.25, 0.3) is 0 Å². The van der Waals surface area contributed by atoms with E-state index in [9.17, 15) is 49.6 Å². The molecule has 0 aromatic rings. The highest BCUT2D eigenvalue weighted by Gasteiger charge is 2.46. The van der Waals surface area contributed by atoms with Crippen molar-refractivity contribution >= 4 is 29.8 Å². The minimum atomic E-state index is -1.03. The van der Waals surface area contributed by atoms with Crippen LogP contribution in [0.25, 0.3) is 0 Å². The van der Waals surface area contributed by atoms with Crippen LogP contribution in [0, 0.1) is 58.7 Å². The summed E-state index contributed by atoms with van der Waals surface area (Å²) in [4.78, 5) is 60.3. The van der Waals surface area contributed by atoms with Crippen molar-refractivity contribution in [2.24, 2.45) is 58.7 Å². The van der Waals surface area contributed by atoms with E-state index in [1.54, 1.807) is 0 Å². The van der Waals surface area contributed by atoms with Crippen molar-refractivity contribution in [3.8, 4) is 0 Å². The number of carboxylic acids is 4. The summed E-state index contributed by atoms with van der Waals surface area (Å²) in [6.07, 6.45) is 17.7. The smallest absolute Gasteiger partial charge is 0.307 e. The van der Waals surface area contributed by atoms with Gasteiger partial charge >= 0.3 is 23.9 Å². The third-order valence-electron chi connectivity index (χ3n) is 16.5. The summed E-state index contributed by atoms with van der Waals surface area (Å²) in [5.41, 5.74) is 2.66. The SMILES string of the molecule is CC(C)(C1CCC(OC2CCC(NC(=O)C3CC(C(=O)O)CCC3C(=O)O)CC2)CC1)C1CCC(OC2CCC(C(NO)C3CC(C(=O)O)CCC3C(=O)O)CC2)CC1. The molecule has 59 heavy (non-hydrogen) atoms. The Balaban J connectivity index is 0.875. The average molecular weight is 833 g/mol. The molecular weight excluding hydrogens is 760 g/mol. The van der Waals surface area contributed by atoms with Gasteiger partial charge in [-0.2, -0.15) is 0 Å². The van der Waals surface area contributed by atoms with Gasteiger partial charge < -0.3 is 40.4 Å². The predicted octanol–water partition coefficient (Wildman–Crippen LogP) is 6.90. The number of rotatable bonds is 15. The summed E-state index contributed by atoms with van der Waals surface area (Å²) in [5.74, 6) is -6.75. The summed E-state index contributed by atoms with van der Waals surface area (Å²) >= 11 is 0. The van der Waals surface area contributed by atoms with Gasteiger partial charge in [0, 0.05) is 12.1 Å². The summed E-state index contributed by atoms with van der Waals surface area (Å²) in [7, 11) is 0.